The Kier molecular flexibility index (Phi) is 6.64. The summed E-state index contributed by atoms with van der Waals surface area (Å²) in [6, 6.07) is 11.6. The number of hydrogen-bond donors (Lipinski definition) is 1. The van der Waals surface area contributed by atoms with E-state index in [1.54, 1.807) is 57.2 Å². The first-order chi connectivity index (χ1) is 14.9. The van der Waals surface area contributed by atoms with Gasteiger partial charge in [-0.05, 0) is 69.9 Å². The van der Waals surface area contributed by atoms with Crippen LogP contribution in [0.1, 0.15) is 39.2 Å². The van der Waals surface area contributed by atoms with E-state index in [0.717, 1.165) is 17.5 Å². The van der Waals surface area contributed by atoms with E-state index in [9.17, 15) is 18.0 Å². The first kappa shape index (κ1) is 23.8. The zero-order chi connectivity index (χ0) is 23.7. The van der Waals surface area contributed by atoms with Crippen LogP contribution in [0, 0.1) is 6.92 Å². The molecule has 0 aliphatic carbocycles. The van der Waals surface area contributed by atoms with Crippen molar-refractivity contribution in [3.8, 4) is 11.1 Å². The Morgan fingerprint density at radius 3 is 2.44 bits per heavy atom. The van der Waals surface area contributed by atoms with Gasteiger partial charge in [-0.15, -0.1) is 0 Å². The molecule has 1 fully saturated rings. The predicted molar refractivity (Wildman–Crippen MR) is 124 cm³/mol. The van der Waals surface area contributed by atoms with Crippen molar-refractivity contribution in [2.75, 3.05) is 18.1 Å². The Morgan fingerprint density at radius 2 is 1.81 bits per heavy atom. The first-order valence-corrected chi connectivity index (χ1v) is 12.5. The molecule has 1 aliphatic heterocycles. The van der Waals surface area contributed by atoms with Crippen molar-refractivity contribution in [2.45, 2.75) is 57.1 Å². The molecule has 8 heteroatoms. The molecule has 1 N–H and O–H groups in total. The molecular formula is C24H30N2O5S. The molecule has 1 atom stereocenters. The number of anilines is 1. The number of aryl methyl sites for hydroxylation is 1. The highest BCUT2D eigenvalue weighted by molar-refractivity contribution is 7.90. The summed E-state index contributed by atoms with van der Waals surface area (Å²) in [5.74, 6) is -0.263. The molecular weight excluding hydrogens is 428 g/mol. The third kappa shape index (κ3) is 5.48. The summed E-state index contributed by atoms with van der Waals surface area (Å²) in [6.07, 6.45) is 2.01. The average molecular weight is 459 g/mol. The molecule has 1 aliphatic rings. The second kappa shape index (κ2) is 8.94. The summed E-state index contributed by atoms with van der Waals surface area (Å²) >= 11 is 0. The van der Waals surface area contributed by atoms with Crippen LogP contribution in [0.15, 0.2) is 47.4 Å². The number of carbonyl (C=O) groups is 2. The highest BCUT2D eigenvalue weighted by Crippen LogP contribution is 2.30. The maximum Gasteiger partial charge on any atom is 0.410 e. The van der Waals surface area contributed by atoms with Crippen LogP contribution in [0.2, 0.25) is 0 Å². The number of likely N-dealkylation sites (tertiary alicyclic amines) is 1. The second-order valence-electron chi connectivity index (χ2n) is 9.12. The average Bonchev–Trinajstić information content (AvgIpc) is 3.18. The number of hydrogen-bond acceptors (Lipinski definition) is 5. The monoisotopic (exact) mass is 458 g/mol. The molecule has 3 rings (SSSR count). The quantitative estimate of drug-likeness (QED) is 0.733. The van der Waals surface area contributed by atoms with Gasteiger partial charge in [0.2, 0.25) is 5.91 Å². The number of sulfone groups is 1. The highest BCUT2D eigenvalue weighted by Gasteiger charge is 2.36. The smallest absolute Gasteiger partial charge is 0.410 e. The molecule has 0 spiro atoms. The predicted octanol–water partition coefficient (Wildman–Crippen LogP) is 4.40. The van der Waals surface area contributed by atoms with Crippen LogP contribution >= 0.6 is 0 Å². The van der Waals surface area contributed by atoms with Crippen LogP contribution in [0.3, 0.4) is 0 Å². The molecule has 32 heavy (non-hydrogen) atoms. The summed E-state index contributed by atoms with van der Waals surface area (Å²) in [5, 5.41) is 2.92. The van der Waals surface area contributed by atoms with Crippen LogP contribution in [0.5, 0.6) is 0 Å². The minimum Gasteiger partial charge on any atom is -0.444 e. The zero-order valence-electron chi connectivity index (χ0n) is 19.1. The largest absolute Gasteiger partial charge is 0.444 e. The molecule has 2 amide bonds. The molecule has 1 heterocycles. The molecule has 0 saturated carbocycles. The van der Waals surface area contributed by atoms with Gasteiger partial charge in [0, 0.05) is 24.1 Å². The van der Waals surface area contributed by atoms with Gasteiger partial charge in [-0.25, -0.2) is 13.2 Å². The van der Waals surface area contributed by atoms with E-state index in [-0.39, 0.29) is 10.8 Å². The van der Waals surface area contributed by atoms with E-state index >= 15 is 0 Å². The van der Waals surface area contributed by atoms with Crippen molar-refractivity contribution < 1.29 is 22.7 Å². The Balaban J connectivity index is 1.80. The molecule has 0 aromatic heterocycles. The lowest BCUT2D eigenvalue weighted by Crippen LogP contribution is -2.45. The van der Waals surface area contributed by atoms with E-state index in [4.69, 9.17) is 4.74 Å². The fourth-order valence-corrected chi connectivity index (χ4v) is 4.71. The summed E-state index contributed by atoms with van der Waals surface area (Å²) in [7, 11) is -3.38. The second-order valence-corrected chi connectivity index (χ2v) is 11.1. The van der Waals surface area contributed by atoms with Crippen LogP contribution in [0.4, 0.5) is 10.5 Å². The number of amides is 2. The fourth-order valence-electron chi connectivity index (χ4n) is 3.79. The lowest BCUT2D eigenvalue weighted by Gasteiger charge is -2.28. The highest BCUT2D eigenvalue weighted by atomic mass is 32.2. The third-order valence-electron chi connectivity index (χ3n) is 5.27. The lowest BCUT2D eigenvalue weighted by molar-refractivity contribution is -0.120. The Labute approximate surface area is 189 Å². The van der Waals surface area contributed by atoms with Gasteiger partial charge >= 0.3 is 6.09 Å². The Morgan fingerprint density at radius 1 is 1.12 bits per heavy atom. The summed E-state index contributed by atoms with van der Waals surface area (Å²) < 4.78 is 29.7. The van der Waals surface area contributed by atoms with Crippen LogP contribution in [-0.4, -0.2) is 49.8 Å². The molecule has 2 aromatic rings. The number of nitrogens with zero attached hydrogens (tertiary/aromatic N) is 1. The van der Waals surface area contributed by atoms with Crippen molar-refractivity contribution >= 4 is 27.5 Å². The van der Waals surface area contributed by atoms with Crippen LogP contribution in [0.25, 0.3) is 11.1 Å². The number of nitrogens with one attached hydrogen (secondary N) is 1. The molecule has 172 valence electrons. The standard InChI is InChI=1S/C24H30N2O5S/c1-16-15-17(18-9-6-7-11-21(18)32(5,29)30)12-13-19(16)25-22(27)20-10-8-14-26(20)23(28)31-24(2,3)4/h6-7,9,11-13,15,20H,8,10,14H2,1-5H3,(H,25,27). The maximum atomic E-state index is 12.9. The molecule has 7 nitrogen and oxygen atoms in total. The number of ether oxygens (including phenoxy) is 1. The van der Waals surface area contributed by atoms with Gasteiger partial charge in [0.25, 0.3) is 0 Å². The van der Waals surface area contributed by atoms with Crippen molar-refractivity contribution in [1.82, 2.24) is 4.90 Å². The van der Waals surface area contributed by atoms with Crippen LogP contribution in [-0.2, 0) is 19.4 Å². The third-order valence-corrected chi connectivity index (χ3v) is 6.42. The van der Waals surface area contributed by atoms with Gasteiger partial charge in [-0.2, -0.15) is 0 Å². The molecule has 1 saturated heterocycles. The lowest BCUT2D eigenvalue weighted by atomic mass is 10.0. The van der Waals surface area contributed by atoms with Gasteiger partial charge in [0.1, 0.15) is 11.6 Å². The number of benzene rings is 2. The Hall–Kier alpha value is -2.87. The topological polar surface area (TPSA) is 92.8 Å². The zero-order valence-corrected chi connectivity index (χ0v) is 20.0. The van der Waals surface area contributed by atoms with Gasteiger partial charge < -0.3 is 10.1 Å². The van der Waals surface area contributed by atoms with Crippen molar-refractivity contribution in [3.05, 3.63) is 48.0 Å². The fraction of sp³-hybridized carbons (Fsp3) is 0.417. The van der Waals surface area contributed by atoms with Gasteiger partial charge in [-0.1, -0.05) is 24.3 Å². The Bertz CT molecular complexity index is 1140. The minimum atomic E-state index is -3.38. The van der Waals surface area contributed by atoms with E-state index in [1.807, 2.05) is 13.0 Å². The molecule has 1 unspecified atom stereocenters. The normalized spacial score (nSPS) is 16.7. The van der Waals surface area contributed by atoms with E-state index in [2.05, 4.69) is 5.32 Å². The van der Waals surface area contributed by atoms with Gasteiger partial charge in [0.05, 0.1) is 4.90 Å². The summed E-state index contributed by atoms with van der Waals surface area (Å²) in [5.41, 5.74) is 2.14. The minimum absolute atomic E-state index is 0.259. The molecule has 0 bridgehead atoms. The van der Waals surface area contributed by atoms with Crippen molar-refractivity contribution in [1.29, 1.82) is 0 Å². The number of carbonyl (C=O) groups excluding carboxylic acids is 2. The van der Waals surface area contributed by atoms with E-state index < -0.39 is 27.6 Å². The summed E-state index contributed by atoms with van der Waals surface area (Å²) in [6.45, 7) is 7.71. The van der Waals surface area contributed by atoms with E-state index in [0.29, 0.717) is 24.2 Å². The first-order valence-electron chi connectivity index (χ1n) is 10.6. The molecule has 2 aromatic carbocycles. The van der Waals surface area contributed by atoms with Gasteiger partial charge in [0.15, 0.2) is 9.84 Å². The summed E-state index contributed by atoms with van der Waals surface area (Å²) in [4.78, 5) is 27.2. The van der Waals surface area contributed by atoms with E-state index in [1.165, 1.54) is 11.2 Å². The maximum absolute atomic E-state index is 12.9. The SMILES string of the molecule is Cc1cc(-c2ccccc2S(C)(=O)=O)ccc1NC(=O)C1CCCN1C(=O)OC(C)(C)C. The van der Waals surface area contributed by atoms with Crippen molar-refractivity contribution in [2.24, 2.45) is 0 Å². The number of rotatable bonds is 4. The van der Waals surface area contributed by atoms with Crippen molar-refractivity contribution in [3.63, 3.8) is 0 Å². The molecule has 0 radical (unpaired) electrons. The van der Waals surface area contributed by atoms with Crippen LogP contribution < -0.4 is 5.32 Å². The van der Waals surface area contributed by atoms with Gasteiger partial charge in [-0.3, -0.25) is 9.69 Å².